The van der Waals surface area contributed by atoms with Crippen LogP contribution in [0.4, 0.5) is 0 Å². The molecule has 2 rings (SSSR count). The highest BCUT2D eigenvalue weighted by Gasteiger charge is 2.34. The molecule has 2 aliphatic heterocycles. The minimum Gasteiger partial charge on any atom is -0.480 e. The van der Waals surface area contributed by atoms with Gasteiger partial charge in [-0.3, -0.25) is 19.3 Å². The summed E-state index contributed by atoms with van der Waals surface area (Å²) in [4.78, 5) is 39.3. The van der Waals surface area contributed by atoms with Crippen molar-refractivity contribution >= 4 is 30.2 Å². The molecular formula is C18H32ClN3O4. The Balaban J connectivity index is 0.00000338. The van der Waals surface area contributed by atoms with E-state index in [0.29, 0.717) is 51.4 Å². The SMILES string of the molecule is CC(C)CCNC(=O)C1CCN(C(=O)CN2CCCC2C(=O)O)CC1.Cl. The van der Waals surface area contributed by atoms with Gasteiger partial charge in [-0.05, 0) is 44.6 Å². The second-order valence-electron chi connectivity index (χ2n) is 7.60. The normalized spacial score (nSPS) is 21.5. The number of nitrogens with one attached hydrogen (secondary N) is 1. The number of piperidine rings is 1. The van der Waals surface area contributed by atoms with Crippen LogP contribution in [-0.2, 0) is 14.4 Å². The first-order valence-corrected chi connectivity index (χ1v) is 9.40. The molecule has 26 heavy (non-hydrogen) atoms. The van der Waals surface area contributed by atoms with Crippen molar-refractivity contribution in [2.24, 2.45) is 11.8 Å². The zero-order chi connectivity index (χ0) is 18.4. The summed E-state index contributed by atoms with van der Waals surface area (Å²) in [5.41, 5.74) is 0. The van der Waals surface area contributed by atoms with E-state index in [1.807, 2.05) is 0 Å². The summed E-state index contributed by atoms with van der Waals surface area (Å²) in [6.45, 7) is 6.96. The molecule has 8 heteroatoms. The maximum Gasteiger partial charge on any atom is 0.320 e. The number of rotatable bonds is 7. The number of nitrogens with zero attached hydrogens (tertiary/aromatic N) is 2. The number of carbonyl (C=O) groups is 3. The van der Waals surface area contributed by atoms with Crippen LogP contribution in [0.25, 0.3) is 0 Å². The smallest absolute Gasteiger partial charge is 0.320 e. The van der Waals surface area contributed by atoms with Crippen LogP contribution in [-0.4, -0.2) is 71.5 Å². The monoisotopic (exact) mass is 389 g/mol. The van der Waals surface area contributed by atoms with Gasteiger partial charge in [-0.1, -0.05) is 13.8 Å². The van der Waals surface area contributed by atoms with Gasteiger partial charge >= 0.3 is 5.97 Å². The van der Waals surface area contributed by atoms with Crippen molar-refractivity contribution in [1.29, 1.82) is 0 Å². The van der Waals surface area contributed by atoms with E-state index in [2.05, 4.69) is 19.2 Å². The molecule has 0 aromatic rings. The molecule has 2 fully saturated rings. The summed E-state index contributed by atoms with van der Waals surface area (Å²) in [6.07, 6.45) is 3.77. The zero-order valence-corrected chi connectivity index (χ0v) is 16.6. The molecule has 2 saturated heterocycles. The van der Waals surface area contributed by atoms with Gasteiger partial charge in [0.1, 0.15) is 6.04 Å². The molecular weight excluding hydrogens is 358 g/mol. The maximum absolute atomic E-state index is 12.4. The van der Waals surface area contributed by atoms with E-state index < -0.39 is 12.0 Å². The lowest BCUT2D eigenvalue weighted by Gasteiger charge is -2.33. The third-order valence-corrected chi connectivity index (χ3v) is 5.23. The number of carbonyl (C=O) groups excluding carboxylic acids is 2. The summed E-state index contributed by atoms with van der Waals surface area (Å²) in [7, 11) is 0. The third-order valence-electron chi connectivity index (χ3n) is 5.23. The fourth-order valence-electron chi connectivity index (χ4n) is 3.59. The van der Waals surface area contributed by atoms with E-state index in [1.165, 1.54) is 0 Å². The topological polar surface area (TPSA) is 90.0 Å². The molecule has 0 aromatic heterocycles. The first-order chi connectivity index (χ1) is 11.9. The average molecular weight is 390 g/mol. The quantitative estimate of drug-likeness (QED) is 0.686. The van der Waals surface area contributed by atoms with E-state index in [9.17, 15) is 19.5 Å². The lowest BCUT2D eigenvalue weighted by atomic mass is 9.95. The Hall–Kier alpha value is -1.34. The van der Waals surface area contributed by atoms with Crippen molar-refractivity contribution in [2.45, 2.75) is 52.0 Å². The highest BCUT2D eigenvalue weighted by molar-refractivity contribution is 5.85. The van der Waals surface area contributed by atoms with Gasteiger partial charge in [0.25, 0.3) is 0 Å². The summed E-state index contributed by atoms with van der Waals surface area (Å²) in [5, 5.41) is 12.2. The molecule has 2 amide bonds. The summed E-state index contributed by atoms with van der Waals surface area (Å²) < 4.78 is 0. The Labute approximate surface area is 161 Å². The van der Waals surface area contributed by atoms with E-state index in [0.717, 1.165) is 12.8 Å². The molecule has 2 N–H and O–H groups in total. The molecule has 0 radical (unpaired) electrons. The van der Waals surface area contributed by atoms with Crippen LogP contribution in [0.15, 0.2) is 0 Å². The molecule has 2 heterocycles. The Bertz CT molecular complexity index is 493. The predicted molar refractivity (Wildman–Crippen MR) is 101 cm³/mol. The number of hydrogen-bond acceptors (Lipinski definition) is 4. The maximum atomic E-state index is 12.4. The third kappa shape index (κ3) is 6.43. The minimum atomic E-state index is -0.845. The van der Waals surface area contributed by atoms with Gasteiger partial charge < -0.3 is 15.3 Å². The van der Waals surface area contributed by atoms with Crippen molar-refractivity contribution in [2.75, 3.05) is 32.7 Å². The van der Waals surface area contributed by atoms with Crippen molar-refractivity contribution in [3.05, 3.63) is 0 Å². The zero-order valence-electron chi connectivity index (χ0n) is 15.8. The van der Waals surface area contributed by atoms with Crippen LogP contribution in [0.5, 0.6) is 0 Å². The highest BCUT2D eigenvalue weighted by Crippen LogP contribution is 2.20. The van der Waals surface area contributed by atoms with Crippen molar-refractivity contribution in [3.63, 3.8) is 0 Å². The molecule has 0 aliphatic carbocycles. The number of carboxylic acid groups (broad SMARTS) is 1. The van der Waals surface area contributed by atoms with Crippen LogP contribution in [0.2, 0.25) is 0 Å². The van der Waals surface area contributed by atoms with Crippen LogP contribution in [0, 0.1) is 11.8 Å². The van der Waals surface area contributed by atoms with Gasteiger partial charge in [-0.15, -0.1) is 12.4 Å². The second-order valence-corrected chi connectivity index (χ2v) is 7.60. The lowest BCUT2D eigenvalue weighted by molar-refractivity contribution is -0.144. The Morgan fingerprint density at radius 3 is 2.35 bits per heavy atom. The molecule has 2 aliphatic rings. The van der Waals surface area contributed by atoms with Crippen LogP contribution < -0.4 is 5.32 Å². The van der Waals surface area contributed by atoms with Crippen molar-refractivity contribution < 1.29 is 19.5 Å². The molecule has 0 saturated carbocycles. The molecule has 0 bridgehead atoms. The predicted octanol–water partition coefficient (Wildman–Crippen LogP) is 1.36. The first-order valence-electron chi connectivity index (χ1n) is 9.40. The van der Waals surface area contributed by atoms with E-state index in [-0.39, 0.29) is 36.7 Å². The fourth-order valence-corrected chi connectivity index (χ4v) is 3.59. The lowest BCUT2D eigenvalue weighted by Crippen LogP contribution is -2.48. The largest absolute Gasteiger partial charge is 0.480 e. The number of carboxylic acids is 1. The van der Waals surface area contributed by atoms with Crippen LogP contribution >= 0.6 is 12.4 Å². The summed E-state index contributed by atoms with van der Waals surface area (Å²) in [6, 6.07) is -0.534. The van der Waals surface area contributed by atoms with Gasteiger partial charge in [-0.25, -0.2) is 0 Å². The van der Waals surface area contributed by atoms with Gasteiger partial charge in [0.15, 0.2) is 0 Å². The number of aliphatic carboxylic acids is 1. The number of likely N-dealkylation sites (tertiary alicyclic amines) is 2. The fraction of sp³-hybridized carbons (Fsp3) is 0.833. The Morgan fingerprint density at radius 2 is 1.77 bits per heavy atom. The molecule has 0 aromatic carbocycles. The Kier molecular flexibility index (Phi) is 9.36. The van der Waals surface area contributed by atoms with E-state index in [1.54, 1.807) is 9.80 Å². The molecule has 150 valence electrons. The van der Waals surface area contributed by atoms with E-state index in [4.69, 9.17) is 0 Å². The van der Waals surface area contributed by atoms with E-state index >= 15 is 0 Å². The van der Waals surface area contributed by atoms with Gasteiger partial charge in [0.2, 0.25) is 11.8 Å². The molecule has 1 atom stereocenters. The summed E-state index contributed by atoms with van der Waals surface area (Å²) in [5.74, 6) is -0.220. The molecule has 0 spiro atoms. The summed E-state index contributed by atoms with van der Waals surface area (Å²) >= 11 is 0. The minimum absolute atomic E-state index is 0. The van der Waals surface area contributed by atoms with Crippen LogP contribution in [0.1, 0.15) is 46.0 Å². The van der Waals surface area contributed by atoms with Crippen molar-refractivity contribution in [1.82, 2.24) is 15.1 Å². The van der Waals surface area contributed by atoms with Gasteiger partial charge in [0.05, 0.1) is 6.54 Å². The number of hydrogen-bond donors (Lipinski definition) is 2. The van der Waals surface area contributed by atoms with Gasteiger partial charge in [-0.2, -0.15) is 0 Å². The van der Waals surface area contributed by atoms with Crippen molar-refractivity contribution in [3.8, 4) is 0 Å². The average Bonchev–Trinajstić information content (AvgIpc) is 3.03. The second kappa shape index (κ2) is 10.7. The highest BCUT2D eigenvalue weighted by atomic mass is 35.5. The standard InChI is InChI=1S/C18H31N3O4.ClH/c1-13(2)5-8-19-17(23)14-6-10-20(11-7-14)16(22)12-21-9-3-4-15(21)18(24)25;/h13-15H,3-12H2,1-2H3,(H,19,23)(H,24,25);1H. The molecule has 1 unspecified atom stereocenters. The van der Waals surface area contributed by atoms with Crippen LogP contribution in [0.3, 0.4) is 0 Å². The first kappa shape index (κ1) is 22.7. The number of amides is 2. The molecule has 7 nitrogen and oxygen atoms in total. The Morgan fingerprint density at radius 1 is 1.12 bits per heavy atom. The number of halogens is 1. The van der Waals surface area contributed by atoms with Gasteiger partial charge in [0, 0.05) is 25.6 Å².